The van der Waals surface area contributed by atoms with E-state index in [0.717, 1.165) is 19.1 Å². The van der Waals surface area contributed by atoms with Gasteiger partial charge in [0, 0.05) is 0 Å². The molecule has 4 nitrogen and oxygen atoms in total. The fraction of sp³-hybridized carbons (Fsp3) is 0.600. The highest BCUT2D eigenvalue weighted by Gasteiger charge is 2.34. The maximum atomic E-state index is 12.9. The van der Waals surface area contributed by atoms with E-state index in [4.69, 9.17) is 0 Å². The van der Waals surface area contributed by atoms with Crippen molar-refractivity contribution in [1.82, 2.24) is 4.31 Å². The van der Waals surface area contributed by atoms with Crippen LogP contribution in [0.2, 0.25) is 0 Å². The molecule has 0 unspecified atom stereocenters. The summed E-state index contributed by atoms with van der Waals surface area (Å²) in [5, 5.41) is 0. The van der Waals surface area contributed by atoms with Gasteiger partial charge in [0.1, 0.15) is 5.82 Å². The highest BCUT2D eigenvalue weighted by molar-refractivity contribution is 7.89. The van der Waals surface area contributed by atoms with Crippen molar-refractivity contribution >= 4 is 10.0 Å². The first kappa shape index (κ1) is 14.9. The third-order valence-electron chi connectivity index (χ3n) is 4.75. The molecule has 1 aromatic carbocycles. The van der Waals surface area contributed by atoms with Gasteiger partial charge in [0.05, 0.1) is 37.1 Å². The molecule has 2 aliphatic rings. The molecule has 0 radical (unpaired) electrons. The van der Waals surface area contributed by atoms with E-state index in [2.05, 4.69) is 0 Å². The van der Waals surface area contributed by atoms with Crippen molar-refractivity contribution in [2.75, 3.05) is 26.2 Å². The Hall–Kier alpha value is -0.980. The largest absolute Gasteiger partial charge is 0.330 e. The zero-order valence-corrected chi connectivity index (χ0v) is 12.9. The van der Waals surface area contributed by atoms with Crippen LogP contribution in [-0.2, 0) is 10.0 Å². The van der Waals surface area contributed by atoms with Crippen LogP contribution in [0.5, 0.6) is 0 Å². The first-order valence-electron chi connectivity index (χ1n) is 7.68. The van der Waals surface area contributed by atoms with Crippen LogP contribution >= 0.6 is 0 Å². The van der Waals surface area contributed by atoms with E-state index >= 15 is 0 Å². The van der Waals surface area contributed by atoms with Crippen LogP contribution in [0.15, 0.2) is 29.2 Å². The summed E-state index contributed by atoms with van der Waals surface area (Å²) in [7, 11) is -3.47. The molecule has 6 heteroatoms. The van der Waals surface area contributed by atoms with Crippen LogP contribution in [0.1, 0.15) is 25.7 Å². The van der Waals surface area contributed by atoms with E-state index in [-0.39, 0.29) is 4.90 Å². The van der Waals surface area contributed by atoms with Crippen LogP contribution < -0.4 is 4.90 Å². The molecule has 1 heterocycles. The number of sulfonamides is 1. The molecule has 1 aromatic rings. The molecular formula is C15H22FN2O2S+. The van der Waals surface area contributed by atoms with Gasteiger partial charge in [0.15, 0.2) is 0 Å². The van der Waals surface area contributed by atoms with E-state index in [1.54, 1.807) is 9.21 Å². The highest BCUT2D eigenvalue weighted by Crippen LogP contribution is 2.18. The second-order valence-electron chi connectivity index (χ2n) is 6.00. The molecule has 0 atom stereocenters. The van der Waals surface area contributed by atoms with Gasteiger partial charge in [-0.3, -0.25) is 0 Å². The topological polar surface area (TPSA) is 41.8 Å². The number of nitrogens with one attached hydrogen (secondary N) is 1. The number of halogens is 1. The molecule has 1 saturated heterocycles. The predicted molar refractivity (Wildman–Crippen MR) is 78.1 cm³/mol. The standard InChI is InChI=1S/C15H21FN2O2S/c16-13-5-7-15(8-6-13)21(19,20)18-11-9-17(10-12-18)14-3-1-2-4-14/h5-8,14H,1-4,9-12H2/p+1. The van der Waals surface area contributed by atoms with Gasteiger partial charge in [-0.1, -0.05) is 0 Å². The summed E-state index contributed by atoms with van der Waals surface area (Å²) in [5.41, 5.74) is 0. The molecule has 1 aliphatic carbocycles. The Balaban J connectivity index is 1.66. The summed E-state index contributed by atoms with van der Waals surface area (Å²) >= 11 is 0. The monoisotopic (exact) mass is 313 g/mol. The predicted octanol–water partition coefficient (Wildman–Crippen LogP) is 0.657. The average molecular weight is 313 g/mol. The van der Waals surface area contributed by atoms with Crippen molar-refractivity contribution in [3.05, 3.63) is 30.1 Å². The molecule has 116 valence electrons. The SMILES string of the molecule is O=S(=O)(c1ccc(F)cc1)N1CC[NH+](C2CCCC2)CC1. The maximum Gasteiger partial charge on any atom is 0.243 e. The summed E-state index contributed by atoms with van der Waals surface area (Å²) < 4.78 is 39.5. The maximum absolute atomic E-state index is 12.9. The number of hydrogen-bond acceptors (Lipinski definition) is 2. The Morgan fingerprint density at radius 3 is 2.19 bits per heavy atom. The van der Waals surface area contributed by atoms with Crippen molar-refractivity contribution in [3.63, 3.8) is 0 Å². The van der Waals surface area contributed by atoms with E-state index in [0.29, 0.717) is 13.1 Å². The molecule has 1 N–H and O–H groups in total. The summed E-state index contributed by atoms with van der Waals surface area (Å²) in [4.78, 5) is 1.74. The Labute approximate surface area is 125 Å². The van der Waals surface area contributed by atoms with Gasteiger partial charge in [0.2, 0.25) is 10.0 Å². The summed E-state index contributed by atoms with van der Waals surface area (Å²) in [6.07, 6.45) is 5.18. The van der Waals surface area contributed by atoms with Crippen molar-refractivity contribution in [3.8, 4) is 0 Å². The average Bonchev–Trinajstić information content (AvgIpc) is 3.02. The minimum absolute atomic E-state index is 0.188. The summed E-state index contributed by atoms with van der Waals surface area (Å²) in [5.74, 6) is -0.413. The van der Waals surface area contributed by atoms with Crippen molar-refractivity contribution in [1.29, 1.82) is 0 Å². The lowest BCUT2D eigenvalue weighted by molar-refractivity contribution is -0.928. The third kappa shape index (κ3) is 3.12. The molecule has 1 saturated carbocycles. The summed E-state index contributed by atoms with van der Waals surface area (Å²) in [6.45, 7) is 2.88. The summed E-state index contributed by atoms with van der Waals surface area (Å²) in [6, 6.07) is 5.82. The third-order valence-corrected chi connectivity index (χ3v) is 6.66. The van der Waals surface area contributed by atoms with Gasteiger partial charge >= 0.3 is 0 Å². The zero-order chi connectivity index (χ0) is 14.9. The van der Waals surface area contributed by atoms with Gasteiger partial charge in [0.25, 0.3) is 0 Å². The smallest absolute Gasteiger partial charge is 0.243 e. The lowest BCUT2D eigenvalue weighted by Crippen LogP contribution is -3.18. The molecule has 0 bridgehead atoms. The van der Waals surface area contributed by atoms with Gasteiger partial charge in [-0.05, 0) is 49.9 Å². The molecule has 1 aliphatic heterocycles. The molecule has 3 rings (SSSR count). The van der Waals surface area contributed by atoms with Crippen LogP contribution in [0.3, 0.4) is 0 Å². The van der Waals surface area contributed by atoms with Crippen LogP contribution in [0.4, 0.5) is 4.39 Å². The Bertz CT molecular complexity index is 574. The molecule has 0 aromatic heterocycles. The van der Waals surface area contributed by atoms with E-state index in [1.165, 1.54) is 49.9 Å². The van der Waals surface area contributed by atoms with Crippen LogP contribution in [0, 0.1) is 5.82 Å². The lowest BCUT2D eigenvalue weighted by Gasteiger charge is -2.34. The van der Waals surface area contributed by atoms with Gasteiger partial charge in [-0.25, -0.2) is 12.8 Å². The number of rotatable bonds is 3. The van der Waals surface area contributed by atoms with Crippen molar-refractivity contribution < 1.29 is 17.7 Å². The quantitative estimate of drug-likeness (QED) is 0.891. The van der Waals surface area contributed by atoms with Crippen LogP contribution in [-0.4, -0.2) is 44.9 Å². The lowest BCUT2D eigenvalue weighted by atomic mass is 10.2. The number of quaternary nitrogens is 1. The van der Waals surface area contributed by atoms with Crippen molar-refractivity contribution in [2.24, 2.45) is 0 Å². The normalized spacial score (nSPS) is 22.7. The number of nitrogens with zero attached hydrogens (tertiary/aromatic N) is 1. The van der Waals surface area contributed by atoms with Gasteiger partial charge < -0.3 is 4.90 Å². The van der Waals surface area contributed by atoms with Crippen LogP contribution in [0.25, 0.3) is 0 Å². The molecule has 21 heavy (non-hydrogen) atoms. The molecule has 0 spiro atoms. The number of piperazine rings is 1. The minimum Gasteiger partial charge on any atom is -0.330 e. The Kier molecular flexibility index (Phi) is 4.28. The number of benzene rings is 1. The fourth-order valence-electron chi connectivity index (χ4n) is 3.51. The second kappa shape index (κ2) is 6.02. The Morgan fingerprint density at radius 1 is 1.05 bits per heavy atom. The number of hydrogen-bond donors (Lipinski definition) is 1. The Morgan fingerprint density at radius 2 is 1.62 bits per heavy atom. The van der Waals surface area contributed by atoms with E-state index in [9.17, 15) is 12.8 Å². The van der Waals surface area contributed by atoms with Gasteiger partial charge in [-0.2, -0.15) is 4.31 Å². The molecule has 0 amide bonds. The van der Waals surface area contributed by atoms with E-state index in [1.807, 2.05) is 0 Å². The van der Waals surface area contributed by atoms with Gasteiger partial charge in [-0.15, -0.1) is 0 Å². The van der Waals surface area contributed by atoms with E-state index < -0.39 is 15.8 Å². The zero-order valence-electron chi connectivity index (χ0n) is 12.1. The highest BCUT2D eigenvalue weighted by atomic mass is 32.2. The first-order valence-corrected chi connectivity index (χ1v) is 9.12. The minimum atomic E-state index is -3.47. The molecule has 2 fully saturated rings. The first-order chi connectivity index (χ1) is 10.1. The molecular weight excluding hydrogens is 291 g/mol. The fourth-order valence-corrected chi connectivity index (χ4v) is 4.95. The second-order valence-corrected chi connectivity index (χ2v) is 7.94. The van der Waals surface area contributed by atoms with Crippen molar-refractivity contribution in [2.45, 2.75) is 36.6 Å².